The number of hydrogen-bond acceptors (Lipinski definition) is 3. The molecule has 1 heterocycles. The lowest BCUT2D eigenvalue weighted by atomic mass is 10.2. The van der Waals surface area contributed by atoms with E-state index in [4.69, 9.17) is 28.5 Å². The molecule has 0 saturated carbocycles. The Labute approximate surface area is 170 Å². The molecule has 1 aromatic carbocycles. The molecule has 154 valence electrons. The van der Waals surface area contributed by atoms with Crippen LogP contribution in [0.1, 0.15) is 16.8 Å². The maximum Gasteiger partial charge on any atom is 0.416 e. The lowest BCUT2D eigenvalue weighted by Gasteiger charge is -2.13. The highest BCUT2D eigenvalue weighted by Gasteiger charge is 2.33. The second-order valence-corrected chi connectivity index (χ2v) is 6.45. The molecule has 5 nitrogen and oxygen atoms in total. The van der Waals surface area contributed by atoms with Crippen LogP contribution in [0, 0.1) is 11.3 Å². The van der Waals surface area contributed by atoms with Crippen LogP contribution in [-0.2, 0) is 6.18 Å². The third kappa shape index (κ3) is 4.65. The number of nitrogens with zero attached hydrogens (tertiary/aromatic N) is 5. The molecule has 29 heavy (non-hydrogen) atoms. The highest BCUT2D eigenvalue weighted by Crippen LogP contribution is 2.41. The highest BCUT2D eigenvalue weighted by molar-refractivity contribution is 6.38. The zero-order chi connectivity index (χ0) is 22.1. The smallest absolute Gasteiger partial charge is 0.369 e. The van der Waals surface area contributed by atoms with Crippen molar-refractivity contribution in [3.8, 4) is 11.8 Å². The molecule has 0 aliphatic heterocycles. The summed E-state index contributed by atoms with van der Waals surface area (Å²) in [7, 11) is 3.02. The van der Waals surface area contributed by atoms with Crippen molar-refractivity contribution in [2.75, 3.05) is 14.1 Å². The fourth-order valence-electron chi connectivity index (χ4n) is 2.16. The summed E-state index contributed by atoms with van der Waals surface area (Å²) in [5.41, 5.74) is -3.34. The van der Waals surface area contributed by atoms with Gasteiger partial charge < -0.3 is 4.90 Å². The molecule has 2 aromatic rings. The molecular formula is C16H9Cl2F6N5. The Kier molecular flexibility index (Phi) is 6.50. The molecule has 0 amide bonds. The topological polar surface area (TPSA) is 57.2 Å². The van der Waals surface area contributed by atoms with Crippen molar-refractivity contribution in [2.45, 2.75) is 6.18 Å². The fraction of sp³-hybridized carbons (Fsp3) is 0.188. The molecule has 0 unspecified atom stereocenters. The highest BCUT2D eigenvalue weighted by atomic mass is 35.5. The van der Waals surface area contributed by atoms with Gasteiger partial charge in [0.1, 0.15) is 11.8 Å². The molecule has 0 aliphatic rings. The first-order chi connectivity index (χ1) is 13.4. The van der Waals surface area contributed by atoms with Crippen LogP contribution in [0.25, 0.3) is 11.5 Å². The summed E-state index contributed by atoms with van der Waals surface area (Å²) >= 11 is 11.8. The molecule has 0 radical (unpaired) electrons. The Bertz CT molecular complexity index is 1020. The van der Waals surface area contributed by atoms with Crippen LogP contribution in [-0.4, -0.2) is 35.1 Å². The lowest BCUT2D eigenvalue weighted by Crippen LogP contribution is -2.09. The van der Waals surface area contributed by atoms with Crippen molar-refractivity contribution in [3.05, 3.63) is 45.1 Å². The molecule has 0 fully saturated rings. The van der Waals surface area contributed by atoms with Crippen LogP contribution < -0.4 is 0 Å². The van der Waals surface area contributed by atoms with Crippen molar-refractivity contribution in [1.82, 2.24) is 14.7 Å². The maximum absolute atomic E-state index is 14.1. The first kappa shape index (κ1) is 22.6. The quantitative estimate of drug-likeness (QED) is 0.331. The summed E-state index contributed by atoms with van der Waals surface area (Å²) in [6.07, 6.45) is -6.43. The Hall–Kier alpha value is -2.71. The van der Waals surface area contributed by atoms with Crippen molar-refractivity contribution >= 4 is 41.2 Å². The standard InChI is InChI=1S/C16H9Cl2F6N5/c1-28(2)6-26-15-11(12(19)14(20)21)10(5-25)27-29(15)13-8(17)3-7(4-9(13)18)16(22,23)24/h3-4,6H,1-2H3/b26-6-. The monoisotopic (exact) mass is 455 g/mol. The SMILES string of the molecule is CN(C)/C=N\c1c(C(F)=C(F)F)c(C#N)nn1-c1c(Cl)cc(C(F)(F)F)cc1Cl. The Morgan fingerprint density at radius 1 is 1.21 bits per heavy atom. The van der Waals surface area contributed by atoms with Crippen LogP contribution in [0.3, 0.4) is 0 Å². The molecule has 2 rings (SSSR count). The Morgan fingerprint density at radius 2 is 1.76 bits per heavy atom. The van der Waals surface area contributed by atoms with Crippen LogP contribution in [0.15, 0.2) is 23.2 Å². The van der Waals surface area contributed by atoms with Gasteiger partial charge in [0, 0.05) is 14.1 Å². The van der Waals surface area contributed by atoms with Crippen molar-refractivity contribution in [1.29, 1.82) is 5.26 Å². The molecule has 1 aromatic heterocycles. The van der Waals surface area contributed by atoms with Gasteiger partial charge in [-0.3, -0.25) is 0 Å². The van der Waals surface area contributed by atoms with E-state index in [-0.39, 0.29) is 0 Å². The van der Waals surface area contributed by atoms with Gasteiger partial charge >= 0.3 is 12.3 Å². The fourth-order valence-corrected chi connectivity index (χ4v) is 2.81. The van der Waals surface area contributed by atoms with Gasteiger partial charge in [0.25, 0.3) is 0 Å². The molecule has 0 aliphatic carbocycles. The van der Waals surface area contributed by atoms with Gasteiger partial charge in [-0.2, -0.15) is 32.3 Å². The summed E-state index contributed by atoms with van der Waals surface area (Å²) in [6.45, 7) is 0. The van der Waals surface area contributed by atoms with Crippen LogP contribution >= 0.6 is 23.2 Å². The second kappa shape index (κ2) is 8.34. The van der Waals surface area contributed by atoms with Gasteiger partial charge in [-0.15, -0.1) is 0 Å². The normalized spacial score (nSPS) is 11.6. The number of hydrogen-bond donors (Lipinski definition) is 0. The van der Waals surface area contributed by atoms with E-state index in [2.05, 4.69) is 10.1 Å². The van der Waals surface area contributed by atoms with E-state index in [1.54, 1.807) is 0 Å². The first-order valence-corrected chi connectivity index (χ1v) is 8.15. The molecule has 0 spiro atoms. The number of alkyl halides is 3. The number of nitriles is 1. The van der Waals surface area contributed by atoms with E-state index >= 15 is 0 Å². The van der Waals surface area contributed by atoms with Crippen LogP contribution in [0.2, 0.25) is 10.0 Å². The van der Waals surface area contributed by atoms with Gasteiger partial charge in [-0.1, -0.05) is 23.2 Å². The van der Waals surface area contributed by atoms with E-state index < -0.39 is 56.5 Å². The summed E-state index contributed by atoms with van der Waals surface area (Å²) in [5.74, 6) is -2.69. The van der Waals surface area contributed by atoms with E-state index in [1.165, 1.54) is 25.1 Å². The van der Waals surface area contributed by atoms with Gasteiger partial charge in [0.2, 0.25) is 5.83 Å². The van der Waals surface area contributed by atoms with E-state index in [9.17, 15) is 26.3 Å². The molecule has 13 heteroatoms. The molecule has 0 saturated heterocycles. The number of aromatic nitrogens is 2. The minimum absolute atomic E-state index is 0.401. The number of aliphatic imine (C=N–C) groups is 1. The predicted molar refractivity (Wildman–Crippen MR) is 95.4 cm³/mol. The zero-order valence-electron chi connectivity index (χ0n) is 14.5. The summed E-state index contributed by atoms with van der Waals surface area (Å²) in [6, 6.07) is 2.48. The van der Waals surface area contributed by atoms with Gasteiger partial charge in [0.05, 0.1) is 27.5 Å². The van der Waals surface area contributed by atoms with Crippen LogP contribution in [0.4, 0.5) is 32.2 Å². The third-order valence-electron chi connectivity index (χ3n) is 3.32. The Morgan fingerprint density at radius 3 is 2.17 bits per heavy atom. The molecule has 0 atom stereocenters. The second-order valence-electron chi connectivity index (χ2n) is 5.64. The van der Waals surface area contributed by atoms with E-state index in [0.717, 1.165) is 6.34 Å². The van der Waals surface area contributed by atoms with Crippen molar-refractivity contribution in [3.63, 3.8) is 0 Å². The van der Waals surface area contributed by atoms with Gasteiger partial charge in [0.15, 0.2) is 11.5 Å². The maximum atomic E-state index is 14.1. The summed E-state index contributed by atoms with van der Waals surface area (Å²) < 4.78 is 79.3. The first-order valence-electron chi connectivity index (χ1n) is 7.40. The third-order valence-corrected chi connectivity index (χ3v) is 3.90. The number of halogens is 8. The minimum atomic E-state index is -4.77. The zero-order valence-corrected chi connectivity index (χ0v) is 16.0. The summed E-state index contributed by atoms with van der Waals surface area (Å²) in [4.78, 5) is 5.17. The van der Waals surface area contributed by atoms with Gasteiger partial charge in [-0.05, 0) is 12.1 Å². The van der Waals surface area contributed by atoms with Gasteiger partial charge in [-0.25, -0.2) is 14.1 Å². The molecular weight excluding hydrogens is 447 g/mol. The Balaban J connectivity index is 2.91. The molecule has 0 N–H and O–H groups in total. The van der Waals surface area contributed by atoms with Crippen molar-refractivity contribution in [2.24, 2.45) is 4.99 Å². The average molecular weight is 456 g/mol. The predicted octanol–water partition coefficient (Wildman–Crippen LogP) is 5.83. The minimum Gasteiger partial charge on any atom is -0.369 e. The average Bonchev–Trinajstić information content (AvgIpc) is 2.95. The van der Waals surface area contributed by atoms with Crippen molar-refractivity contribution < 1.29 is 26.3 Å². The van der Waals surface area contributed by atoms with E-state index in [0.29, 0.717) is 16.8 Å². The number of rotatable bonds is 4. The number of benzene rings is 1. The largest absolute Gasteiger partial charge is 0.416 e. The lowest BCUT2D eigenvalue weighted by molar-refractivity contribution is -0.137. The summed E-state index contributed by atoms with van der Waals surface area (Å²) in [5, 5.41) is 11.7. The molecule has 0 bridgehead atoms. The van der Waals surface area contributed by atoms with Crippen LogP contribution in [0.5, 0.6) is 0 Å². The van der Waals surface area contributed by atoms with E-state index in [1.807, 2.05) is 0 Å².